The Morgan fingerprint density at radius 1 is 0.541 bits per heavy atom. The molecule has 318 valence electrons. The van der Waals surface area contributed by atoms with Crippen molar-refractivity contribution in [1.82, 2.24) is 31.2 Å². The van der Waals surface area contributed by atoms with Crippen LogP contribution in [-0.4, -0.2) is 81.4 Å². The number of nitrogens with two attached hydrogens (primary N) is 3. The van der Waals surface area contributed by atoms with E-state index in [0.717, 1.165) is 32.9 Å². The highest BCUT2D eigenvalue weighted by molar-refractivity contribution is 5.97. The largest absolute Gasteiger partial charge is 0.508 e. The van der Waals surface area contributed by atoms with Gasteiger partial charge in [-0.05, 0) is 65.9 Å². The number of hydrogen-bond acceptors (Lipinski definition) is 8. The van der Waals surface area contributed by atoms with Crippen LogP contribution in [0.1, 0.15) is 41.5 Å². The first-order valence-electron chi connectivity index (χ1n) is 20.4. The van der Waals surface area contributed by atoms with Crippen LogP contribution in [0.25, 0.3) is 21.8 Å². The Morgan fingerprint density at radius 2 is 0.984 bits per heavy atom. The lowest BCUT2D eigenvalue weighted by Crippen LogP contribution is -2.60. The van der Waals surface area contributed by atoms with E-state index in [9.17, 15) is 29.1 Å². The van der Waals surface area contributed by atoms with E-state index >= 15 is 0 Å². The Hall–Kier alpha value is -6.97. The van der Waals surface area contributed by atoms with Crippen molar-refractivity contribution >= 4 is 51.3 Å². The molecule has 0 aliphatic carbocycles. The summed E-state index contributed by atoms with van der Waals surface area (Å²) in [5.74, 6) is -3.30. The van der Waals surface area contributed by atoms with Crippen LogP contribution in [0.4, 0.5) is 0 Å². The summed E-state index contributed by atoms with van der Waals surface area (Å²) in [5.41, 5.74) is 22.1. The van der Waals surface area contributed by atoms with Gasteiger partial charge >= 0.3 is 0 Å². The van der Waals surface area contributed by atoms with Gasteiger partial charge in [-0.15, -0.1) is 0 Å². The molecule has 6 aromatic rings. The third-order valence-electron chi connectivity index (χ3n) is 10.7. The zero-order chi connectivity index (χ0) is 43.3. The second-order valence-corrected chi connectivity index (χ2v) is 15.2. The number of carbonyl (C=O) groups excluding carboxylic acids is 5. The molecule has 13 N–H and O–H groups in total. The Labute approximate surface area is 353 Å². The van der Waals surface area contributed by atoms with Gasteiger partial charge in [0, 0.05) is 59.9 Å². The maximum atomic E-state index is 14.7. The van der Waals surface area contributed by atoms with Crippen molar-refractivity contribution in [3.8, 4) is 5.75 Å². The lowest BCUT2D eigenvalue weighted by atomic mass is 9.99. The number of aromatic amines is 2. The predicted molar refractivity (Wildman–Crippen MR) is 234 cm³/mol. The molecule has 0 saturated carbocycles. The van der Waals surface area contributed by atoms with Gasteiger partial charge in [0.05, 0.1) is 6.04 Å². The van der Waals surface area contributed by atoms with Gasteiger partial charge in [0.2, 0.25) is 29.5 Å². The summed E-state index contributed by atoms with van der Waals surface area (Å²) in [5, 5.41) is 22.9. The molecule has 0 spiro atoms. The minimum Gasteiger partial charge on any atom is -0.508 e. The van der Waals surface area contributed by atoms with Crippen molar-refractivity contribution in [2.75, 3.05) is 6.54 Å². The molecule has 0 aliphatic heterocycles. The number of fused-ring (bicyclic) bond motifs is 2. The van der Waals surface area contributed by atoms with E-state index in [1.807, 2.05) is 78.9 Å². The predicted octanol–water partition coefficient (Wildman–Crippen LogP) is 2.51. The number of phenolic OH excluding ortho intramolecular Hbond substituents is 1. The number of hydrogen-bond donors (Lipinski definition) is 10. The normalized spacial score (nSPS) is 13.7. The maximum absolute atomic E-state index is 14.7. The molecule has 2 heterocycles. The van der Waals surface area contributed by atoms with Crippen molar-refractivity contribution in [3.05, 3.63) is 138 Å². The monoisotopic (exact) mass is 827 g/mol. The number of phenols is 1. The van der Waals surface area contributed by atoms with E-state index in [4.69, 9.17) is 17.2 Å². The fourth-order valence-electron chi connectivity index (χ4n) is 7.34. The Bertz CT molecular complexity index is 2430. The molecule has 0 bridgehead atoms. The van der Waals surface area contributed by atoms with Crippen molar-refractivity contribution in [2.24, 2.45) is 17.2 Å². The highest BCUT2D eigenvalue weighted by Gasteiger charge is 2.33. The summed E-state index contributed by atoms with van der Waals surface area (Å²) in [6, 6.07) is 24.7. The number of unbranched alkanes of at least 4 members (excludes halogenated alkanes) is 1. The van der Waals surface area contributed by atoms with E-state index < -0.39 is 59.7 Å². The van der Waals surface area contributed by atoms with Crippen LogP contribution in [0, 0.1) is 0 Å². The van der Waals surface area contributed by atoms with Gasteiger partial charge in [-0.3, -0.25) is 24.0 Å². The van der Waals surface area contributed by atoms with Crippen molar-refractivity contribution in [1.29, 1.82) is 0 Å². The summed E-state index contributed by atoms with van der Waals surface area (Å²) >= 11 is 0. The highest BCUT2D eigenvalue weighted by atomic mass is 16.3. The Kier molecular flexibility index (Phi) is 14.9. The molecule has 5 atom stereocenters. The van der Waals surface area contributed by atoms with Gasteiger partial charge in [-0.25, -0.2) is 0 Å². The molecule has 0 fully saturated rings. The number of aromatic hydroxyl groups is 1. The molecule has 61 heavy (non-hydrogen) atoms. The molecule has 15 nitrogen and oxygen atoms in total. The summed E-state index contributed by atoms with van der Waals surface area (Å²) in [7, 11) is 0. The molecule has 0 unspecified atom stereocenters. The molecule has 0 aliphatic rings. The third kappa shape index (κ3) is 11.8. The average molecular weight is 828 g/mol. The number of rotatable bonds is 21. The molecule has 0 radical (unpaired) electrons. The fourth-order valence-corrected chi connectivity index (χ4v) is 7.34. The minimum atomic E-state index is -1.27. The van der Waals surface area contributed by atoms with Crippen LogP contribution in [0.2, 0.25) is 0 Å². The van der Waals surface area contributed by atoms with Gasteiger partial charge < -0.3 is 53.5 Å². The summed E-state index contributed by atoms with van der Waals surface area (Å²) < 4.78 is 0. The Balaban J connectivity index is 1.31. The van der Waals surface area contributed by atoms with Gasteiger partial charge in [-0.1, -0.05) is 85.3 Å². The minimum absolute atomic E-state index is 0.000588. The number of nitrogens with one attached hydrogen (secondary N) is 6. The topological polar surface area (TPSA) is 263 Å². The molecule has 2 aromatic heterocycles. The lowest BCUT2D eigenvalue weighted by molar-refractivity contribution is -0.134. The van der Waals surface area contributed by atoms with Crippen LogP contribution < -0.4 is 38.5 Å². The summed E-state index contributed by atoms with van der Waals surface area (Å²) in [6.07, 6.45) is 5.32. The zero-order valence-electron chi connectivity index (χ0n) is 33.7. The highest BCUT2D eigenvalue weighted by Crippen LogP contribution is 2.22. The van der Waals surface area contributed by atoms with E-state index in [1.54, 1.807) is 24.5 Å². The van der Waals surface area contributed by atoms with Crippen molar-refractivity contribution in [3.63, 3.8) is 0 Å². The van der Waals surface area contributed by atoms with Crippen LogP contribution in [-0.2, 0) is 49.7 Å². The first-order chi connectivity index (χ1) is 29.5. The number of para-hydroxylation sites is 2. The molecule has 6 rings (SSSR count). The number of primary amides is 1. The number of H-pyrrole nitrogens is 2. The quantitative estimate of drug-likeness (QED) is 0.0481. The van der Waals surface area contributed by atoms with Crippen LogP contribution >= 0.6 is 0 Å². The number of benzene rings is 4. The second kappa shape index (κ2) is 20.8. The molecular formula is C46H53N9O6. The SMILES string of the molecule is NCCCC[C@@H](N)C(=O)N[C@@H](Cc1ccc(O)cc1)C(=O)N[C@H](Cc1c[nH]c2ccccc12)C(=O)N[C@H](Cc1c[nH]c2ccccc12)C(=O)N[C@@H](Cc1ccccc1)C(N)=O. The number of amides is 5. The fraction of sp³-hybridized carbons (Fsp3) is 0.283. The maximum Gasteiger partial charge on any atom is 0.243 e. The molecule has 5 amide bonds. The standard InChI is InChI=1S/C46H53N9O6/c47-21-9-8-14-35(48)43(58)53-39(23-29-17-19-32(56)20-18-29)44(59)54-41(25-31-27-51-37-16-7-5-13-34(31)37)46(61)55-40(24-30-26-50-36-15-6-4-12-33(30)36)45(60)52-38(42(49)57)22-28-10-2-1-3-11-28/h1-7,10-13,15-20,26-27,35,38-41,50-51,56H,8-9,14,21-25,47-48H2,(H2,49,57)(H,52,60)(H,53,58)(H,54,59)(H,55,61)/t35-,38+,39+,40-,41-/m1/s1. The lowest BCUT2D eigenvalue weighted by Gasteiger charge is -2.27. The van der Waals surface area contributed by atoms with E-state index in [-0.39, 0.29) is 31.4 Å². The second-order valence-electron chi connectivity index (χ2n) is 15.2. The number of carbonyl (C=O) groups is 5. The Morgan fingerprint density at radius 3 is 1.51 bits per heavy atom. The molecule has 0 saturated heterocycles. The first kappa shape index (κ1) is 43.6. The molecule has 4 aromatic carbocycles. The van der Waals surface area contributed by atoms with Crippen LogP contribution in [0.3, 0.4) is 0 Å². The van der Waals surface area contributed by atoms with Gasteiger partial charge in [0.1, 0.15) is 29.9 Å². The zero-order valence-corrected chi connectivity index (χ0v) is 33.7. The molecular weight excluding hydrogens is 775 g/mol. The van der Waals surface area contributed by atoms with Gasteiger partial charge in [-0.2, -0.15) is 0 Å². The van der Waals surface area contributed by atoms with Crippen LogP contribution in [0.5, 0.6) is 5.75 Å². The van der Waals surface area contributed by atoms with Gasteiger partial charge in [0.15, 0.2) is 0 Å². The average Bonchev–Trinajstić information content (AvgIpc) is 3.87. The summed E-state index contributed by atoms with van der Waals surface area (Å²) in [4.78, 5) is 75.9. The molecule has 15 heteroatoms. The summed E-state index contributed by atoms with van der Waals surface area (Å²) in [6.45, 7) is 0.448. The first-order valence-corrected chi connectivity index (χ1v) is 20.4. The smallest absolute Gasteiger partial charge is 0.243 e. The van der Waals surface area contributed by atoms with Crippen molar-refractivity contribution in [2.45, 2.75) is 75.2 Å². The van der Waals surface area contributed by atoms with Gasteiger partial charge in [0.25, 0.3) is 0 Å². The van der Waals surface area contributed by atoms with Crippen molar-refractivity contribution < 1.29 is 29.1 Å². The third-order valence-corrected chi connectivity index (χ3v) is 10.7. The van der Waals surface area contributed by atoms with E-state index in [2.05, 4.69) is 31.2 Å². The number of aromatic nitrogens is 2. The van der Waals surface area contributed by atoms with E-state index in [1.165, 1.54) is 12.1 Å². The van der Waals surface area contributed by atoms with E-state index in [0.29, 0.717) is 36.9 Å². The van der Waals surface area contributed by atoms with Crippen LogP contribution in [0.15, 0.2) is 116 Å².